The largest absolute Gasteiger partial charge is 0.479 e. The number of hydrogen-bond donors (Lipinski definition) is 1. The first kappa shape index (κ1) is 17.2. The fraction of sp³-hybridized carbons (Fsp3) is 0.176. The van der Waals surface area contributed by atoms with Gasteiger partial charge in [-0.2, -0.15) is 5.10 Å². The van der Waals surface area contributed by atoms with Gasteiger partial charge < -0.3 is 14.5 Å². The van der Waals surface area contributed by atoms with Crippen LogP contribution >= 0.6 is 0 Å². The summed E-state index contributed by atoms with van der Waals surface area (Å²) in [6, 6.07) is 11.0. The van der Waals surface area contributed by atoms with Crippen LogP contribution in [0, 0.1) is 10.1 Å². The topological polar surface area (TPSA) is 112 Å². The molecule has 26 heavy (non-hydrogen) atoms. The Kier molecular flexibility index (Phi) is 4.97. The second-order valence-corrected chi connectivity index (χ2v) is 5.41. The summed E-state index contributed by atoms with van der Waals surface area (Å²) in [6.45, 7) is 0.290. The van der Waals surface area contributed by atoms with Crippen molar-refractivity contribution < 1.29 is 18.9 Å². The number of carbonyl (C=O) groups excluding carboxylic acids is 1. The van der Waals surface area contributed by atoms with E-state index in [4.69, 9.17) is 9.15 Å². The van der Waals surface area contributed by atoms with Crippen LogP contribution in [0.4, 0.5) is 5.69 Å². The molecule has 3 rings (SSSR count). The quantitative estimate of drug-likeness (QED) is 0.514. The molecule has 0 bridgehead atoms. The molecule has 0 aliphatic heterocycles. The van der Waals surface area contributed by atoms with Gasteiger partial charge in [0.15, 0.2) is 11.5 Å². The summed E-state index contributed by atoms with van der Waals surface area (Å²) >= 11 is 0. The van der Waals surface area contributed by atoms with E-state index in [1.165, 1.54) is 18.2 Å². The van der Waals surface area contributed by atoms with E-state index in [0.29, 0.717) is 12.3 Å². The van der Waals surface area contributed by atoms with Crippen molar-refractivity contribution in [3.63, 3.8) is 0 Å². The number of aryl methyl sites for hydroxylation is 1. The van der Waals surface area contributed by atoms with E-state index >= 15 is 0 Å². The van der Waals surface area contributed by atoms with Crippen molar-refractivity contribution in [2.75, 3.05) is 0 Å². The molecular formula is C17H16N4O5. The van der Waals surface area contributed by atoms with Gasteiger partial charge in [-0.25, -0.2) is 0 Å². The van der Waals surface area contributed by atoms with Gasteiger partial charge in [-0.15, -0.1) is 0 Å². The number of benzene rings is 1. The number of aromatic nitrogens is 2. The third kappa shape index (κ3) is 3.89. The summed E-state index contributed by atoms with van der Waals surface area (Å²) in [7, 11) is 1.78. The Hall–Kier alpha value is -3.62. The van der Waals surface area contributed by atoms with Crippen molar-refractivity contribution in [3.05, 3.63) is 76.0 Å². The lowest BCUT2D eigenvalue weighted by Crippen LogP contribution is -2.23. The van der Waals surface area contributed by atoms with Crippen LogP contribution in [0.2, 0.25) is 0 Å². The van der Waals surface area contributed by atoms with Crippen LogP contribution in [0.3, 0.4) is 0 Å². The van der Waals surface area contributed by atoms with Crippen molar-refractivity contribution in [3.8, 4) is 5.75 Å². The average Bonchev–Trinajstić information content (AvgIpc) is 3.27. The highest BCUT2D eigenvalue weighted by Gasteiger charge is 2.16. The number of nitrogens with zero attached hydrogens (tertiary/aromatic N) is 3. The summed E-state index contributed by atoms with van der Waals surface area (Å²) in [5, 5.41) is 17.7. The summed E-state index contributed by atoms with van der Waals surface area (Å²) in [5.74, 6) is 0.279. The zero-order valence-corrected chi connectivity index (χ0v) is 13.9. The maximum atomic E-state index is 12.1. The first-order valence-electron chi connectivity index (χ1n) is 7.74. The molecule has 2 heterocycles. The molecule has 1 N–H and O–H groups in total. The second kappa shape index (κ2) is 7.51. The van der Waals surface area contributed by atoms with E-state index in [1.807, 2.05) is 0 Å². The number of rotatable bonds is 7. The van der Waals surface area contributed by atoms with Gasteiger partial charge in [0.2, 0.25) is 0 Å². The van der Waals surface area contributed by atoms with Gasteiger partial charge in [0.25, 0.3) is 5.91 Å². The summed E-state index contributed by atoms with van der Waals surface area (Å²) in [4.78, 5) is 22.6. The van der Waals surface area contributed by atoms with E-state index in [2.05, 4.69) is 10.4 Å². The first-order valence-corrected chi connectivity index (χ1v) is 7.74. The molecule has 0 spiro atoms. The van der Waals surface area contributed by atoms with Crippen molar-refractivity contribution in [1.29, 1.82) is 0 Å². The third-order valence-electron chi connectivity index (χ3n) is 3.67. The molecule has 9 heteroatoms. The molecule has 0 radical (unpaired) electrons. The smallest absolute Gasteiger partial charge is 0.310 e. The molecule has 1 aromatic carbocycles. The van der Waals surface area contributed by atoms with Gasteiger partial charge >= 0.3 is 5.69 Å². The zero-order chi connectivity index (χ0) is 18.5. The second-order valence-electron chi connectivity index (χ2n) is 5.41. The van der Waals surface area contributed by atoms with Crippen LogP contribution in [-0.4, -0.2) is 20.6 Å². The first-order chi connectivity index (χ1) is 12.5. The van der Waals surface area contributed by atoms with E-state index in [1.54, 1.807) is 42.2 Å². The highest BCUT2D eigenvalue weighted by molar-refractivity contribution is 5.91. The summed E-state index contributed by atoms with van der Waals surface area (Å²) in [6.07, 6.45) is 1.65. The fourth-order valence-corrected chi connectivity index (χ4v) is 2.29. The van der Waals surface area contributed by atoms with E-state index in [9.17, 15) is 14.9 Å². The van der Waals surface area contributed by atoms with Crippen LogP contribution in [0.25, 0.3) is 0 Å². The number of hydrogen-bond acceptors (Lipinski definition) is 6. The van der Waals surface area contributed by atoms with Gasteiger partial charge in [0.1, 0.15) is 12.4 Å². The molecule has 0 saturated heterocycles. The summed E-state index contributed by atoms with van der Waals surface area (Å²) in [5.41, 5.74) is 0.720. The normalized spacial score (nSPS) is 10.5. The molecule has 9 nitrogen and oxygen atoms in total. The van der Waals surface area contributed by atoms with Crippen LogP contribution in [-0.2, 0) is 20.2 Å². The van der Waals surface area contributed by atoms with E-state index < -0.39 is 4.92 Å². The number of para-hydroxylation sites is 2. The predicted molar refractivity (Wildman–Crippen MR) is 90.5 cm³/mol. The Morgan fingerprint density at radius 1 is 1.31 bits per heavy atom. The van der Waals surface area contributed by atoms with E-state index in [-0.39, 0.29) is 29.7 Å². The number of nitrogens with one attached hydrogen (secondary N) is 1. The van der Waals surface area contributed by atoms with Gasteiger partial charge in [-0.05, 0) is 24.3 Å². The van der Waals surface area contributed by atoms with Crippen molar-refractivity contribution in [2.24, 2.45) is 7.05 Å². The summed E-state index contributed by atoms with van der Waals surface area (Å²) < 4.78 is 12.5. The Bertz CT molecular complexity index is 931. The molecule has 0 aliphatic carbocycles. The monoisotopic (exact) mass is 356 g/mol. The lowest BCUT2D eigenvalue weighted by molar-refractivity contribution is -0.386. The van der Waals surface area contributed by atoms with Gasteiger partial charge in [0, 0.05) is 19.3 Å². The van der Waals surface area contributed by atoms with Gasteiger partial charge in [-0.3, -0.25) is 19.6 Å². The van der Waals surface area contributed by atoms with Gasteiger partial charge in [0.05, 0.1) is 17.2 Å². The van der Waals surface area contributed by atoms with Crippen molar-refractivity contribution >= 4 is 11.6 Å². The fourth-order valence-electron chi connectivity index (χ4n) is 2.29. The average molecular weight is 356 g/mol. The SMILES string of the molecule is Cn1nccc1CNC(=O)c1ccc(COc2ccccc2[N+](=O)[O-])o1. The van der Waals surface area contributed by atoms with E-state index in [0.717, 1.165) is 5.69 Å². The maximum Gasteiger partial charge on any atom is 0.310 e. The molecule has 1 amide bonds. The lowest BCUT2D eigenvalue weighted by atomic mass is 10.3. The Morgan fingerprint density at radius 2 is 2.12 bits per heavy atom. The molecule has 2 aromatic heterocycles. The minimum absolute atomic E-state index is 0.0279. The molecule has 0 atom stereocenters. The number of furan rings is 1. The van der Waals surface area contributed by atoms with Gasteiger partial charge in [-0.1, -0.05) is 12.1 Å². The predicted octanol–water partition coefficient (Wildman–Crippen LogP) is 2.43. The number of ether oxygens (including phenoxy) is 1. The standard InChI is InChI=1S/C17H16N4O5/c1-20-12(8-9-19-20)10-18-17(22)16-7-6-13(26-16)11-25-15-5-3-2-4-14(15)21(23)24/h2-9H,10-11H2,1H3,(H,18,22). The van der Waals surface area contributed by atoms with Crippen LogP contribution in [0.5, 0.6) is 5.75 Å². The molecule has 0 unspecified atom stereocenters. The van der Waals surface area contributed by atoms with Crippen LogP contribution in [0.1, 0.15) is 22.0 Å². The minimum Gasteiger partial charge on any atom is -0.479 e. The molecule has 0 aliphatic rings. The highest BCUT2D eigenvalue weighted by atomic mass is 16.6. The molecule has 3 aromatic rings. The molecule has 0 saturated carbocycles. The lowest BCUT2D eigenvalue weighted by Gasteiger charge is -2.05. The Balaban J connectivity index is 1.59. The number of carbonyl (C=O) groups is 1. The van der Waals surface area contributed by atoms with Crippen LogP contribution in [0.15, 0.2) is 53.1 Å². The third-order valence-corrected chi connectivity index (χ3v) is 3.67. The maximum absolute atomic E-state index is 12.1. The minimum atomic E-state index is -0.519. The van der Waals surface area contributed by atoms with Crippen molar-refractivity contribution in [2.45, 2.75) is 13.2 Å². The van der Waals surface area contributed by atoms with Crippen molar-refractivity contribution in [1.82, 2.24) is 15.1 Å². The van der Waals surface area contributed by atoms with Crippen LogP contribution < -0.4 is 10.1 Å². The highest BCUT2D eigenvalue weighted by Crippen LogP contribution is 2.26. The number of nitro groups is 1. The number of amides is 1. The molecular weight excluding hydrogens is 340 g/mol. The zero-order valence-electron chi connectivity index (χ0n) is 13.9. The molecule has 134 valence electrons. The Morgan fingerprint density at radius 3 is 2.85 bits per heavy atom. The Labute approximate surface area is 148 Å². The number of nitro benzene ring substituents is 1. The molecule has 0 fully saturated rings.